The van der Waals surface area contributed by atoms with Crippen molar-refractivity contribution in [3.63, 3.8) is 0 Å². The molecular formula is C14H20N2O4. The molecule has 20 heavy (non-hydrogen) atoms. The van der Waals surface area contributed by atoms with Gasteiger partial charge in [-0.1, -0.05) is 39.0 Å². The second-order valence-corrected chi connectivity index (χ2v) is 5.48. The maximum atomic E-state index is 11.7. The molecule has 0 spiro atoms. The highest BCUT2D eigenvalue weighted by atomic mass is 16.4. The van der Waals surface area contributed by atoms with Gasteiger partial charge in [0.25, 0.3) is 0 Å². The number of carboxylic acid groups (broad SMARTS) is 1. The predicted molar refractivity (Wildman–Crippen MR) is 75.8 cm³/mol. The number of hydrogen-bond donors (Lipinski definition) is 4. The van der Waals surface area contributed by atoms with Crippen LogP contribution in [0.25, 0.3) is 0 Å². The summed E-state index contributed by atoms with van der Waals surface area (Å²) in [4.78, 5) is 22.1. The van der Waals surface area contributed by atoms with Crippen LogP contribution in [-0.4, -0.2) is 34.9 Å². The number of para-hydroxylation sites is 1. The van der Waals surface area contributed by atoms with Crippen molar-refractivity contribution in [2.75, 3.05) is 11.9 Å². The van der Waals surface area contributed by atoms with Gasteiger partial charge in [-0.2, -0.15) is 0 Å². The van der Waals surface area contributed by atoms with Crippen LogP contribution in [0.15, 0.2) is 24.3 Å². The highest BCUT2D eigenvalue weighted by Crippen LogP contribution is 2.28. The van der Waals surface area contributed by atoms with Crippen molar-refractivity contribution in [3.8, 4) is 0 Å². The van der Waals surface area contributed by atoms with Gasteiger partial charge in [-0.3, -0.25) is 0 Å². The van der Waals surface area contributed by atoms with Crippen molar-refractivity contribution in [1.29, 1.82) is 0 Å². The van der Waals surface area contributed by atoms with E-state index < -0.39 is 18.1 Å². The van der Waals surface area contributed by atoms with E-state index in [4.69, 9.17) is 10.2 Å². The lowest BCUT2D eigenvalue weighted by atomic mass is 9.86. The second-order valence-electron chi connectivity index (χ2n) is 5.48. The lowest BCUT2D eigenvalue weighted by Crippen LogP contribution is -2.39. The van der Waals surface area contributed by atoms with Gasteiger partial charge in [0.05, 0.1) is 6.54 Å². The van der Waals surface area contributed by atoms with Crippen molar-refractivity contribution < 1.29 is 19.8 Å². The molecule has 0 radical (unpaired) electrons. The van der Waals surface area contributed by atoms with Gasteiger partial charge in [-0.25, -0.2) is 9.59 Å². The summed E-state index contributed by atoms with van der Waals surface area (Å²) < 4.78 is 0. The summed E-state index contributed by atoms with van der Waals surface area (Å²) in [7, 11) is 0. The van der Waals surface area contributed by atoms with Crippen LogP contribution < -0.4 is 10.6 Å². The van der Waals surface area contributed by atoms with Crippen LogP contribution in [-0.2, 0) is 10.2 Å². The van der Waals surface area contributed by atoms with Crippen LogP contribution in [0.1, 0.15) is 26.3 Å². The molecule has 1 atom stereocenters. The molecule has 0 aliphatic heterocycles. The molecule has 0 bridgehead atoms. The number of urea groups is 1. The number of amides is 2. The van der Waals surface area contributed by atoms with Gasteiger partial charge in [-0.05, 0) is 17.0 Å². The van der Waals surface area contributed by atoms with E-state index >= 15 is 0 Å². The van der Waals surface area contributed by atoms with Crippen molar-refractivity contribution in [2.24, 2.45) is 0 Å². The van der Waals surface area contributed by atoms with Gasteiger partial charge >= 0.3 is 12.0 Å². The average Bonchev–Trinajstić information content (AvgIpc) is 2.35. The molecule has 0 aliphatic rings. The van der Waals surface area contributed by atoms with E-state index in [1.165, 1.54) is 0 Å². The zero-order valence-corrected chi connectivity index (χ0v) is 11.8. The monoisotopic (exact) mass is 280 g/mol. The standard InChI is InChI=1S/C14H20N2O4/c1-14(2,3)9-6-4-5-7-10(9)16-13(20)15-8-11(17)12(18)19/h4-7,11,17H,8H2,1-3H3,(H,18,19)(H2,15,16,20). The third kappa shape index (κ3) is 4.55. The van der Waals surface area contributed by atoms with Crippen molar-refractivity contribution in [3.05, 3.63) is 29.8 Å². The Morgan fingerprint density at radius 2 is 1.85 bits per heavy atom. The number of nitrogens with one attached hydrogen (secondary N) is 2. The lowest BCUT2D eigenvalue weighted by molar-refractivity contribution is -0.146. The first-order valence-electron chi connectivity index (χ1n) is 6.27. The Morgan fingerprint density at radius 3 is 2.40 bits per heavy atom. The van der Waals surface area contributed by atoms with Crippen LogP contribution >= 0.6 is 0 Å². The van der Waals surface area contributed by atoms with Gasteiger partial charge < -0.3 is 20.8 Å². The number of anilines is 1. The quantitative estimate of drug-likeness (QED) is 0.672. The number of carbonyl (C=O) groups excluding carboxylic acids is 1. The van der Waals surface area contributed by atoms with Crippen LogP contribution in [0, 0.1) is 0 Å². The molecular weight excluding hydrogens is 260 g/mol. The fraction of sp³-hybridized carbons (Fsp3) is 0.429. The van der Waals surface area contributed by atoms with E-state index in [1.54, 1.807) is 12.1 Å². The maximum absolute atomic E-state index is 11.7. The highest BCUT2D eigenvalue weighted by molar-refractivity contribution is 5.90. The van der Waals surface area contributed by atoms with Crippen molar-refractivity contribution in [1.82, 2.24) is 5.32 Å². The smallest absolute Gasteiger partial charge is 0.334 e. The zero-order chi connectivity index (χ0) is 15.3. The fourth-order valence-electron chi connectivity index (χ4n) is 1.69. The largest absolute Gasteiger partial charge is 0.479 e. The highest BCUT2D eigenvalue weighted by Gasteiger charge is 2.19. The Balaban J connectivity index is 2.70. The Kier molecular flexibility index (Phi) is 5.10. The van der Waals surface area contributed by atoms with Crippen molar-refractivity contribution in [2.45, 2.75) is 32.3 Å². The third-order valence-corrected chi connectivity index (χ3v) is 2.72. The first kappa shape index (κ1) is 16.0. The third-order valence-electron chi connectivity index (χ3n) is 2.72. The molecule has 0 saturated heterocycles. The Labute approximate surface area is 117 Å². The molecule has 1 aromatic rings. The first-order valence-corrected chi connectivity index (χ1v) is 6.27. The molecule has 0 fully saturated rings. The number of benzene rings is 1. The molecule has 1 unspecified atom stereocenters. The molecule has 110 valence electrons. The van der Waals surface area contributed by atoms with Gasteiger partial charge in [0.15, 0.2) is 6.10 Å². The maximum Gasteiger partial charge on any atom is 0.334 e. The SMILES string of the molecule is CC(C)(C)c1ccccc1NC(=O)NCC(O)C(=O)O. The van der Waals surface area contributed by atoms with E-state index in [9.17, 15) is 9.59 Å². The molecule has 6 nitrogen and oxygen atoms in total. The van der Waals surface area contributed by atoms with E-state index in [-0.39, 0.29) is 12.0 Å². The fourth-order valence-corrected chi connectivity index (χ4v) is 1.69. The minimum absolute atomic E-state index is 0.134. The van der Waals surface area contributed by atoms with E-state index in [0.717, 1.165) is 5.56 Å². The van der Waals surface area contributed by atoms with E-state index in [0.29, 0.717) is 5.69 Å². The number of hydrogen-bond acceptors (Lipinski definition) is 3. The van der Waals surface area contributed by atoms with E-state index in [1.807, 2.05) is 32.9 Å². The van der Waals surface area contributed by atoms with Crippen molar-refractivity contribution >= 4 is 17.7 Å². The van der Waals surface area contributed by atoms with E-state index in [2.05, 4.69) is 10.6 Å². The zero-order valence-electron chi connectivity index (χ0n) is 11.8. The molecule has 1 rings (SSSR count). The Bertz CT molecular complexity index is 494. The number of aliphatic hydroxyl groups is 1. The molecule has 0 aromatic heterocycles. The molecule has 2 amide bonds. The van der Waals surface area contributed by atoms with Crippen LogP contribution in [0.5, 0.6) is 0 Å². The Hall–Kier alpha value is -2.08. The normalized spacial score (nSPS) is 12.6. The average molecular weight is 280 g/mol. The van der Waals surface area contributed by atoms with Crippen LogP contribution in [0.4, 0.5) is 10.5 Å². The predicted octanol–water partition coefficient (Wildman–Crippen LogP) is 1.55. The molecule has 0 heterocycles. The van der Waals surface area contributed by atoms with Crippen LogP contribution in [0.3, 0.4) is 0 Å². The minimum Gasteiger partial charge on any atom is -0.479 e. The summed E-state index contributed by atoms with van der Waals surface area (Å²) in [5.74, 6) is -1.37. The molecule has 6 heteroatoms. The second kappa shape index (κ2) is 6.38. The summed E-state index contributed by atoms with van der Waals surface area (Å²) in [6.07, 6.45) is -1.61. The summed E-state index contributed by atoms with van der Waals surface area (Å²) in [5, 5.41) is 22.6. The van der Waals surface area contributed by atoms with Gasteiger partial charge in [0.2, 0.25) is 0 Å². The summed E-state index contributed by atoms with van der Waals surface area (Å²) >= 11 is 0. The number of carbonyl (C=O) groups is 2. The topological polar surface area (TPSA) is 98.7 Å². The van der Waals surface area contributed by atoms with Gasteiger partial charge in [-0.15, -0.1) is 0 Å². The summed E-state index contributed by atoms with van der Waals surface area (Å²) in [5.41, 5.74) is 1.49. The number of aliphatic carboxylic acids is 1. The van der Waals surface area contributed by atoms with Gasteiger partial charge in [0, 0.05) is 5.69 Å². The number of carboxylic acids is 1. The summed E-state index contributed by atoms with van der Waals surface area (Å²) in [6, 6.07) is 6.83. The van der Waals surface area contributed by atoms with Gasteiger partial charge in [0.1, 0.15) is 0 Å². The molecule has 0 aliphatic carbocycles. The minimum atomic E-state index is -1.61. The Morgan fingerprint density at radius 1 is 1.25 bits per heavy atom. The lowest BCUT2D eigenvalue weighted by Gasteiger charge is -2.23. The number of aliphatic hydroxyl groups excluding tert-OH is 1. The van der Waals surface area contributed by atoms with Crippen LogP contribution in [0.2, 0.25) is 0 Å². The molecule has 1 aromatic carbocycles. The number of rotatable bonds is 4. The first-order chi connectivity index (χ1) is 9.21. The summed E-state index contributed by atoms with van der Waals surface area (Å²) in [6.45, 7) is 5.73. The molecule has 0 saturated carbocycles. The molecule has 4 N–H and O–H groups in total.